The van der Waals surface area contributed by atoms with Gasteiger partial charge in [0.15, 0.2) is 0 Å². The average molecular weight is 240 g/mol. The Labute approximate surface area is 83.2 Å². The summed E-state index contributed by atoms with van der Waals surface area (Å²) in [5, 5.41) is 11.5. The largest absolute Gasteiger partial charge is 0.411 e. The number of Topliss-reactive ketones (excluding diaryl/α,β-unsaturated/α-hetero) is 1. The van der Waals surface area contributed by atoms with Crippen LogP contribution in [0.25, 0.3) is 0 Å². The number of nitrogens with zero attached hydrogens (tertiary/aromatic N) is 1. The van der Waals surface area contributed by atoms with Gasteiger partial charge in [0.25, 0.3) is 0 Å². The number of benzene rings is 1. The molecule has 1 aliphatic rings. The lowest BCUT2D eigenvalue weighted by Gasteiger charge is -1.95. The van der Waals surface area contributed by atoms with Gasteiger partial charge in [-0.25, -0.2) is 0 Å². The molecule has 2 rings (SSSR count). The molecule has 0 spiro atoms. The summed E-state index contributed by atoms with van der Waals surface area (Å²) in [5.74, 6) is -0.182. The van der Waals surface area contributed by atoms with Gasteiger partial charge in [-0.2, -0.15) is 0 Å². The highest BCUT2D eigenvalue weighted by Crippen LogP contribution is 2.23. The number of fused-ring (bicyclic) bond motifs is 1. The van der Waals surface area contributed by atoms with Gasteiger partial charge in [-0.05, 0) is 17.7 Å². The summed E-state index contributed by atoms with van der Waals surface area (Å²) in [4.78, 5) is 11.5. The van der Waals surface area contributed by atoms with Crippen molar-refractivity contribution in [3.8, 4) is 0 Å². The van der Waals surface area contributed by atoms with Gasteiger partial charge in [-0.15, -0.1) is 0 Å². The van der Waals surface area contributed by atoms with Gasteiger partial charge < -0.3 is 5.21 Å². The molecule has 1 aromatic carbocycles. The van der Waals surface area contributed by atoms with Crippen molar-refractivity contribution in [2.75, 3.05) is 0 Å². The van der Waals surface area contributed by atoms with E-state index in [4.69, 9.17) is 5.21 Å². The van der Waals surface area contributed by atoms with Crippen LogP contribution in [0, 0.1) is 0 Å². The number of hydrogen-bond donors (Lipinski definition) is 1. The fourth-order valence-electron chi connectivity index (χ4n) is 1.41. The molecule has 0 atom stereocenters. The summed E-state index contributed by atoms with van der Waals surface area (Å²) in [6, 6.07) is 5.47. The first-order chi connectivity index (χ1) is 6.22. The van der Waals surface area contributed by atoms with Gasteiger partial charge in [0.2, 0.25) is 5.78 Å². The first kappa shape index (κ1) is 8.44. The number of oxime groups is 1. The van der Waals surface area contributed by atoms with Crippen molar-refractivity contribution < 1.29 is 10.0 Å². The van der Waals surface area contributed by atoms with Gasteiger partial charge >= 0.3 is 0 Å². The van der Waals surface area contributed by atoms with E-state index in [1.54, 1.807) is 6.07 Å². The Morgan fingerprint density at radius 2 is 2.23 bits per heavy atom. The van der Waals surface area contributed by atoms with E-state index < -0.39 is 0 Å². The Bertz CT molecular complexity index is 412. The average Bonchev–Trinajstić information content (AvgIpc) is 2.44. The predicted molar refractivity (Wildman–Crippen MR) is 51.4 cm³/mol. The predicted octanol–water partition coefficient (Wildman–Crippen LogP) is 2.02. The van der Waals surface area contributed by atoms with Gasteiger partial charge in [0.05, 0.1) is 0 Å². The third-order valence-corrected chi connectivity index (χ3v) is 2.55. The molecule has 0 saturated heterocycles. The molecule has 1 aromatic rings. The fourth-order valence-corrected chi connectivity index (χ4v) is 1.77. The molecule has 0 bridgehead atoms. The Hall–Kier alpha value is -1.16. The van der Waals surface area contributed by atoms with E-state index >= 15 is 0 Å². The molecule has 0 amide bonds. The zero-order valence-electron chi connectivity index (χ0n) is 6.62. The highest BCUT2D eigenvalue weighted by molar-refractivity contribution is 9.10. The fraction of sp³-hybridized carbons (Fsp3) is 0.111. The third kappa shape index (κ3) is 1.27. The summed E-state index contributed by atoms with van der Waals surface area (Å²) in [7, 11) is 0. The second-order valence-corrected chi connectivity index (χ2v) is 3.77. The molecule has 0 fully saturated rings. The summed E-state index contributed by atoms with van der Waals surface area (Å²) in [6.07, 6.45) is 0.429. The van der Waals surface area contributed by atoms with Crippen molar-refractivity contribution in [2.45, 2.75) is 6.42 Å². The molecule has 3 nitrogen and oxygen atoms in total. The Kier molecular flexibility index (Phi) is 1.92. The highest BCUT2D eigenvalue weighted by atomic mass is 79.9. The first-order valence-corrected chi connectivity index (χ1v) is 4.55. The van der Waals surface area contributed by atoms with Crippen LogP contribution in [0.4, 0.5) is 0 Å². The SMILES string of the molecule is O=C1/C(=N\O)Cc2ccc(Br)cc21. The zero-order valence-corrected chi connectivity index (χ0v) is 8.21. The van der Waals surface area contributed by atoms with Gasteiger partial charge in [-0.3, -0.25) is 4.79 Å². The number of rotatable bonds is 0. The lowest BCUT2D eigenvalue weighted by atomic mass is 10.1. The number of halogens is 1. The lowest BCUT2D eigenvalue weighted by Crippen LogP contribution is -2.06. The van der Waals surface area contributed by atoms with Gasteiger partial charge in [-0.1, -0.05) is 27.2 Å². The van der Waals surface area contributed by atoms with Crippen molar-refractivity contribution >= 4 is 27.4 Å². The van der Waals surface area contributed by atoms with E-state index in [1.807, 2.05) is 12.1 Å². The zero-order chi connectivity index (χ0) is 9.42. The van der Waals surface area contributed by atoms with Crippen molar-refractivity contribution in [2.24, 2.45) is 5.16 Å². The van der Waals surface area contributed by atoms with Crippen LogP contribution in [-0.4, -0.2) is 16.7 Å². The van der Waals surface area contributed by atoms with E-state index in [-0.39, 0.29) is 11.5 Å². The molecule has 13 heavy (non-hydrogen) atoms. The first-order valence-electron chi connectivity index (χ1n) is 3.76. The van der Waals surface area contributed by atoms with Gasteiger partial charge in [0, 0.05) is 16.5 Å². The molecule has 0 aromatic heterocycles. The number of carbonyl (C=O) groups is 1. The summed E-state index contributed by atoms with van der Waals surface area (Å²) in [5.41, 5.74) is 1.76. The van der Waals surface area contributed by atoms with Gasteiger partial charge in [0.1, 0.15) is 5.71 Å². The Morgan fingerprint density at radius 3 is 2.92 bits per heavy atom. The molecule has 0 aliphatic heterocycles. The summed E-state index contributed by atoms with van der Waals surface area (Å²) >= 11 is 3.28. The van der Waals surface area contributed by atoms with Crippen molar-refractivity contribution in [3.05, 3.63) is 33.8 Å². The minimum absolute atomic E-state index is 0.182. The molecule has 66 valence electrons. The standard InChI is InChI=1S/C9H6BrNO2/c10-6-2-1-5-3-8(11-13)9(12)7(5)4-6/h1-2,4,13H,3H2/b11-8-. The lowest BCUT2D eigenvalue weighted by molar-refractivity contribution is 0.106. The molecular weight excluding hydrogens is 234 g/mol. The molecule has 4 heteroatoms. The van der Waals surface area contributed by atoms with E-state index in [2.05, 4.69) is 21.1 Å². The van der Waals surface area contributed by atoms with E-state index in [0.717, 1.165) is 10.0 Å². The van der Waals surface area contributed by atoms with E-state index in [1.165, 1.54) is 0 Å². The van der Waals surface area contributed by atoms with Crippen molar-refractivity contribution in [1.29, 1.82) is 0 Å². The monoisotopic (exact) mass is 239 g/mol. The molecule has 1 N–H and O–H groups in total. The topological polar surface area (TPSA) is 49.7 Å². The smallest absolute Gasteiger partial charge is 0.211 e. The Balaban J connectivity index is 2.57. The van der Waals surface area contributed by atoms with Crippen LogP contribution in [0.5, 0.6) is 0 Å². The molecule has 0 radical (unpaired) electrons. The van der Waals surface area contributed by atoms with Crippen LogP contribution in [0.2, 0.25) is 0 Å². The summed E-state index contributed by atoms with van der Waals surface area (Å²) < 4.78 is 0.860. The maximum Gasteiger partial charge on any atom is 0.211 e. The summed E-state index contributed by atoms with van der Waals surface area (Å²) in [6.45, 7) is 0. The minimum atomic E-state index is -0.182. The molecule has 1 aliphatic carbocycles. The van der Waals surface area contributed by atoms with Crippen LogP contribution in [0.3, 0.4) is 0 Å². The second kappa shape index (κ2) is 2.96. The maximum absolute atomic E-state index is 11.5. The molecule has 0 saturated carbocycles. The molecular formula is C9H6BrNO2. The highest BCUT2D eigenvalue weighted by Gasteiger charge is 2.26. The van der Waals surface area contributed by atoms with Crippen LogP contribution in [0.1, 0.15) is 15.9 Å². The van der Waals surface area contributed by atoms with Crippen LogP contribution >= 0.6 is 15.9 Å². The maximum atomic E-state index is 11.5. The normalized spacial score (nSPS) is 17.9. The van der Waals surface area contributed by atoms with E-state index in [0.29, 0.717) is 12.0 Å². The quantitative estimate of drug-likeness (QED) is 0.557. The molecule has 0 unspecified atom stereocenters. The van der Waals surface area contributed by atoms with Crippen LogP contribution < -0.4 is 0 Å². The van der Waals surface area contributed by atoms with Crippen LogP contribution in [-0.2, 0) is 6.42 Å². The van der Waals surface area contributed by atoms with Crippen molar-refractivity contribution in [1.82, 2.24) is 0 Å². The Morgan fingerprint density at radius 1 is 1.46 bits per heavy atom. The third-order valence-electron chi connectivity index (χ3n) is 2.06. The number of carbonyl (C=O) groups excluding carboxylic acids is 1. The minimum Gasteiger partial charge on any atom is -0.411 e. The molecule has 0 heterocycles. The second-order valence-electron chi connectivity index (χ2n) is 2.85. The number of hydrogen-bond acceptors (Lipinski definition) is 3. The number of ketones is 1. The van der Waals surface area contributed by atoms with Crippen molar-refractivity contribution in [3.63, 3.8) is 0 Å². The van der Waals surface area contributed by atoms with E-state index in [9.17, 15) is 4.79 Å². The van der Waals surface area contributed by atoms with Crippen LogP contribution in [0.15, 0.2) is 27.8 Å².